The summed E-state index contributed by atoms with van der Waals surface area (Å²) in [5.74, 6) is 2.08. The lowest BCUT2D eigenvalue weighted by molar-refractivity contribution is 0.0953. The largest absolute Gasteiger partial charge is 0.440 e. The molecule has 148 valence electrons. The van der Waals surface area contributed by atoms with Crippen LogP contribution in [0.3, 0.4) is 0 Å². The zero-order chi connectivity index (χ0) is 19.6. The molecule has 1 fully saturated rings. The van der Waals surface area contributed by atoms with Crippen LogP contribution in [0.15, 0.2) is 58.1 Å². The van der Waals surface area contributed by atoms with Crippen LogP contribution in [0, 0.1) is 0 Å². The summed E-state index contributed by atoms with van der Waals surface area (Å²) < 4.78 is 13.8. The van der Waals surface area contributed by atoms with E-state index in [-0.39, 0.29) is 6.10 Å². The summed E-state index contributed by atoms with van der Waals surface area (Å²) in [6.07, 6.45) is 2.32. The van der Waals surface area contributed by atoms with Gasteiger partial charge in [0.2, 0.25) is 5.89 Å². The van der Waals surface area contributed by atoms with E-state index in [9.17, 15) is 0 Å². The van der Waals surface area contributed by atoms with E-state index in [0.717, 1.165) is 53.6 Å². The third-order valence-electron chi connectivity index (χ3n) is 4.89. The molecule has 4 aromatic rings. The Bertz CT molecular complexity index is 1090. The van der Waals surface area contributed by atoms with E-state index < -0.39 is 0 Å². The van der Waals surface area contributed by atoms with Crippen LogP contribution < -0.4 is 0 Å². The summed E-state index contributed by atoms with van der Waals surface area (Å²) in [7, 11) is 0. The third-order valence-corrected chi connectivity index (χ3v) is 6.10. The van der Waals surface area contributed by atoms with Crippen LogP contribution in [0.5, 0.6) is 0 Å². The molecule has 1 unspecified atom stereocenters. The molecule has 6 nitrogen and oxygen atoms in total. The molecule has 8 heteroatoms. The monoisotopic (exact) mass is 426 g/mol. The van der Waals surface area contributed by atoms with E-state index in [2.05, 4.69) is 19.7 Å². The lowest BCUT2D eigenvalue weighted by atomic mass is 10.2. The fourth-order valence-corrected chi connectivity index (χ4v) is 4.39. The summed E-state index contributed by atoms with van der Waals surface area (Å²) in [5.41, 5.74) is 2.64. The summed E-state index contributed by atoms with van der Waals surface area (Å²) in [4.78, 5) is 4.55. The van der Waals surface area contributed by atoms with E-state index in [4.69, 9.17) is 20.8 Å². The normalized spacial score (nSPS) is 16.7. The Morgan fingerprint density at radius 2 is 1.97 bits per heavy atom. The van der Waals surface area contributed by atoms with Gasteiger partial charge in [0.25, 0.3) is 0 Å². The van der Waals surface area contributed by atoms with Crippen molar-refractivity contribution in [3.8, 4) is 11.4 Å². The first-order valence-electron chi connectivity index (χ1n) is 9.54. The molecule has 0 radical (unpaired) electrons. The van der Waals surface area contributed by atoms with Crippen LogP contribution in [0.4, 0.5) is 0 Å². The van der Waals surface area contributed by atoms with Crippen molar-refractivity contribution in [3.05, 3.63) is 59.4 Å². The van der Waals surface area contributed by atoms with Gasteiger partial charge in [-0.1, -0.05) is 35.5 Å². The lowest BCUT2D eigenvalue weighted by Gasteiger charge is -2.14. The molecule has 1 aliphatic heterocycles. The number of para-hydroxylation sites is 2. The van der Waals surface area contributed by atoms with Crippen molar-refractivity contribution in [2.45, 2.75) is 36.4 Å². The highest BCUT2D eigenvalue weighted by Crippen LogP contribution is 2.29. The molecule has 0 bridgehead atoms. The zero-order valence-corrected chi connectivity index (χ0v) is 17.2. The molecule has 2 aromatic heterocycles. The summed E-state index contributed by atoms with van der Waals surface area (Å²) in [6, 6.07) is 15.4. The highest BCUT2D eigenvalue weighted by molar-refractivity contribution is 7.98. The van der Waals surface area contributed by atoms with Gasteiger partial charge in [-0.05, 0) is 49.2 Å². The van der Waals surface area contributed by atoms with E-state index in [1.54, 1.807) is 11.8 Å². The maximum Gasteiger partial charge on any atom is 0.205 e. The Balaban J connectivity index is 1.42. The predicted octanol–water partition coefficient (Wildman–Crippen LogP) is 5.21. The van der Waals surface area contributed by atoms with Gasteiger partial charge in [-0.15, -0.1) is 10.2 Å². The van der Waals surface area contributed by atoms with E-state index >= 15 is 0 Å². The maximum absolute atomic E-state index is 6.05. The number of hydrogen-bond acceptors (Lipinski definition) is 6. The topological polar surface area (TPSA) is 66.0 Å². The quantitative estimate of drug-likeness (QED) is 0.394. The number of halogens is 1. The summed E-state index contributed by atoms with van der Waals surface area (Å²) >= 11 is 7.62. The number of benzene rings is 2. The number of oxazole rings is 1. The molecule has 29 heavy (non-hydrogen) atoms. The van der Waals surface area contributed by atoms with Crippen molar-refractivity contribution in [3.63, 3.8) is 0 Å². The first kappa shape index (κ1) is 18.7. The van der Waals surface area contributed by atoms with Gasteiger partial charge in [-0.3, -0.25) is 4.57 Å². The van der Waals surface area contributed by atoms with E-state index in [0.29, 0.717) is 16.7 Å². The fourth-order valence-electron chi connectivity index (χ4n) is 3.47. The molecule has 0 spiro atoms. The zero-order valence-electron chi connectivity index (χ0n) is 15.6. The second-order valence-corrected chi connectivity index (χ2v) is 8.30. The molecule has 0 aliphatic carbocycles. The lowest BCUT2D eigenvalue weighted by Crippen LogP contribution is -2.16. The van der Waals surface area contributed by atoms with Crippen molar-refractivity contribution < 1.29 is 9.15 Å². The van der Waals surface area contributed by atoms with Gasteiger partial charge in [0.05, 0.1) is 18.4 Å². The number of aromatic nitrogens is 4. The number of ether oxygens (including phenoxy) is 1. The minimum absolute atomic E-state index is 0.181. The number of hydrogen-bond donors (Lipinski definition) is 0. The maximum atomic E-state index is 6.05. The van der Waals surface area contributed by atoms with Crippen LogP contribution in [0.2, 0.25) is 5.02 Å². The van der Waals surface area contributed by atoms with Gasteiger partial charge < -0.3 is 9.15 Å². The number of fused-ring (bicyclic) bond motifs is 1. The van der Waals surface area contributed by atoms with Gasteiger partial charge >= 0.3 is 0 Å². The molecule has 5 rings (SSSR count). The second kappa shape index (κ2) is 8.18. The Hall–Kier alpha value is -2.35. The van der Waals surface area contributed by atoms with Crippen molar-refractivity contribution in [2.75, 3.05) is 6.61 Å². The average molecular weight is 427 g/mol. The molecule has 1 saturated heterocycles. The van der Waals surface area contributed by atoms with Gasteiger partial charge in [-0.25, -0.2) is 4.98 Å². The van der Waals surface area contributed by atoms with E-state index in [1.807, 2.05) is 48.5 Å². The van der Waals surface area contributed by atoms with Gasteiger partial charge in [0.15, 0.2) is 16.6 Å². The SMILES string of the molecule is Clc1ccc(-c2nnc(SCc3nc4ccccc4o3)n2CC2CCCO2)cc1. The van der Waals surface area contributed by atoms with Crippen molar-refractivity contribution in [1.82, 2.24) is 19.7 Å². The molecule has 1 atom stereocenters. The number of nitrogens with zero attached hydrogens (tertiary/aromatic N) is 4. The smallest absolute Gasteiger partial charge is 0.205 e. The van der Waals surface area contributed by atoms with Crippen LogP contribution in [-0.2, 0) is 17.0 Å². The Labute approximate surface area is 177 Å². The molecular formula is C21H19ClN4O2S. The molecule has 0 N–H and O–H groups in total. The molecule has 2 aromatic carbocycles. The molecule has 3 heterocycles. The Morgan fingerprint density at radius 1 is 1.10 bits per heavy atom. The van der Waals surface area contributed by atoms with Crippen LogP contribution in [-0.4, -0.2) is 32.5 Å². The Morgan fingerprint density at radius 3 is 2.76 bits per heavy atom. The third kappa shape index (κ3) is 4.03. The molecule has 0 amide bonds. The van der Waals surface area contributed by atoms with Crippen LogP contribution >= 0.6 is 23.4 Å². The first-order chi connectivity index (χ1) is 14.3. The average Bonchev–Trinajstić information content (AvgIpc) is 3.47. The number of thioether (sulfide) groups is 1. The summed E-state index contributed by atoms with van der Waals surface area (Å²) in [6.45, 7) is 1.54. The van der Waals surface area contributed by atoms with Gasteiger partial charge in [-0.2, -0.15) is 0 Å². The highest BCUT2D eigenvalue weighted by atomic mass is 35.5. The fraction of sp³-hybridized carbons (Fsp3) is 0.286. The molecular weight excluding hydrogens is 408 g/mol. The van der Waals surface area contributed by atoms with Crippen molar-refractivity contribution >= 4 is 34.5 Å². The highest BCUT2D eigenvalue weighted by Gasteiger charge is 2.22. The predicted molar refractivity (Wildman–Crippen MR) is 113 cm³/mol. The van der Waals surface area contributed by atoms with Gasteiger partial charge in [0.1, 0.15) is 5.52 Å². The minimum Gasteiger partial charge on any atom is -0.440 e. The number of rotatable bonds is 6. The van der Waals surface area contributed by atoms with Crippen LogP contribution in [0.25, 0.3) is 22.5 Å². The van der Waals surface area contributed by atoms with Crippen molar-refractivity contribution in [2.24, 2.45) is 0 Å². The first-order valence-corrected chi connectivity index (χ1v) is 10.9. The Kier molecular flexibility index (Phi) is 5.26. The molecule has 0 saturated carbocycles. The standard InChI is InChI=1S/C21H19ClN4O2S/c22-15-9-7-14(8-10-15)20-24-25-21(26(20)12-16-4-3-11-27-16)29-13-19-23-17-5-1-2-6-18(17)28-19/h1-2,5-10,16H,3-4,11-13H2. The van der Waals surface area contributed by atoms with Gasteiger partial charge in [0, 0.05) is 17.2 Å². The van der Waals surface area contributed by atoms with Crippen LogP contribution in [0.1, 0.15) is 18.7 Å². The van der Waals surface area contributed by atoms with Crippen molar-refractivity contribution in [1.29, 1.82) is 0 Å². The van der Waals surface area contributed by atoms with E-state index in [1.165, 1.54) is 0 Å². The summed E-state index contributed by atoms with van der Waals surface area (Å²) in [5, 5.41) is 10.4. The minimum atomic E-state index is 0.181. The molecule has 1 aliphatic rings. The second-order valence-electron chi connectivity index (χ2n) is 6.92.